The van der Waals surface area contributed by atoms with Crippen LogP contribution in [0.4, 0.5) is 0 Å². The third kappa shape index (κ3) is 3.17. The standard InChI is InChI=1S/C14H21NO/c1-4-12(9-15)8-14(16)13-7-10(2)5-6-11(13)3/h5-7,12H,4,8-9,15H2,1-3H3. The number of hydrogen-bond acceptors (Lipinski definition) is 2. The first-order chi connectivity index (χ1) is 7.58. The summed E-state index contributed by atoms with van der Waals surface area (Å²) < 4.78 is 0. The molecule has 0 aliphatic rings. The molecule has 1 unspecified atom stereocenters. The monoisotopic (exact) mass is 219 g/mol. The second kappa shape index (κ2) is 5.80. The lowest BCUT2D eigenvalue weighted by Crippen LogP contribution is -2.18. The fourth-order valence-corrected chi connectivity index (χ4v) is 1.80. The van der Waals surface area contributed by atoms with Crippen molar-refractivity contribution in [2.24, 2.45) is 11.7 Å². The molecule has 0 saturated carbocycles. The first-order valence-electron chi connectivity index (χ1n) is 5.89. The van der Waals surface area contributed by atoms with Crippen LogP contribution in [-0.2, 0) is 0 Å². The molecule has 2 nitrogen and oxygen atoms in total. The number of aryl methyl sites for hydroxylation is 2. The van der Waals surface area contributed by atoms with Crippen molar-refractivity contribution in [1.29, 1.82) is 0 Å². The second-order valence-corrected chi connectivity index (χ2v) is 4.46. The summed E-state index contributed by atoms with van der Waals surface area (Å²) in [5.41, 5.74) is 8.67. The molecule has 16 heavy (non-hydrogen) atoms. The van der Waals surface area contributed by atoms with Gasteiger partial charge in [0, 0.05) is 12.0 Å². The van der Waals surface area contributed by atoms with Gasteiger partial charge in [-0.15, -0.1) is 0 Å². The molecule has 1 atom stereocenters. The Balaban J connectivity index is 2.83. The van der Waals surface area contributed by atoms with E-state index in [-0.39, 0.29) is 5.78 Å². The number of nitrogens with two attached hydrogens (primary N) is 1. The summed E-state index contributed by atoms with van der Waals surface area (Å²) in [6.45, 7) is 6.66. The van der Waals surface area contributed by atoms with E-state index in [1.54, 1.807) is 0 Å². The van der Waals surface area contributed by atoms with Crippen LogP contribution in [0.2, 0.25) is 0 Å². The van der Waals surface area contributed by atoms with Gasteiger partial charge in [0.2, 0.25) is 0 Å². The van der Waals surface area contributed by atoms with E-state index in [9.17, 15) is 4.79 Å². The van der Waals surface area contributed by atoms with Crippen molar-refractivity contribution >= 4 is 5.78 Å². The highest BCUT2D eigenvalue weighted by Gasteiger charge is 2.14. The number of hydrogen-bond donors (Lipinski definition) is 1. The van der Waals surface area contributed by atoms with Crippen LogP contribution in [0.15, 0.2) is 18.2 Å². The van der Waals surface area contributed by atoms with Gasteiger partial charge in [-0.25, -0.2) is 0 Å². The van der Waals surface area contributed by atoms with Gasteiger partial charge in [-0.05, 0) is 37.9 Å². The van der Waals surface area contributed by atoms with Crippen LogP contribution in [0.3, 0.4) is 0 Å². The maximum absolute atomic E-state index is 12.1. The highest BCUT2D eigenvalue weighted by Crippen LogP contribution is 2.16. The minimum absolute atomic E-state index is 0.221. The van der Waals surface area contributed by atoms with E-state index in [0.717, 1.165) is 23.1 Å². The van der Waals surface area contributed by atoms with Gasteiger partial charge in [-0.3, -0.25) is 4.79 Å². The number of carbonyl (C=O) groups excluding carboxylic acids is 1. The van der Waals surface area contributed by atoms with Gasteiger partial charge < -0.3 is 5.73 Å². The van der Waals surface area contributed by atoms with Crippen LogP contribution in [0, 0.1) is 19.8 Å². The smallest absolute Gasteiger partial charge is 0.163 e. The minimum Gasteiger partial charge on any atom is -0.330 e. The largest absolute Gasteiger partial charge is 0.330 e. The fourth-order valence-electron chi connectivity index (χ4n) is 1.80. The van der Waals surface area contributed by atoms with Gasteiger partial charge in [-0.1, -0.05) is 31.0 Å². The van der Waals surface area contributed by atoms with E-state index >= 15 is 0 Å². The number of rotatable bonds is 5. The topological polar surface area (TPSA) is 43.1 Å². The zero-order chi connectivity index (χ0) is 12.1. The van der Waals surface area contributed by atoms with E-state index in [1.807, 2.05) is 32.0 Å². The number of Topliss-reactive ketones (excluding diaryl/α,β-unsaturated/α-hetero) is 1. The summed E-state index contributed by atoms with van der Waals surface area (Å²) in [7, 11) is 0. The van der Waals surface area contributed by atoms with Crippen LogP contribution >= 0.6 is 0 Å². The molecule has 2 heteroatoms. The van der Waals surface area contributed by atoms with Gasteiger partial charge in [-0.2, -0.15) is 0 Å². The lowest BCUT2D eigenvalue weighted by Gasteiger charge is -2.12. The zero-order valence-corrected chi connectivity index (χ0v) is 10.4. The first kappa shape index (κ1) is 12.9. The van der Waals surface area contributed by atoms with Crippen molar-refractivity contribution in [3.63, 3.8) is 0 Å². The quantitative estimate of drug-likeness (QED) is 0.774. The van der Waals surface area contributed by atoms with E-state index in [2.05, 4.69) is 6.92 Å². The maximum atomic E-state index is 12.1. The number of benzene rings is 1. The molecule has 0 aliphatic heterocycles. The second-order valence-electron chi connectivity index (χ2n) is 4.46. The summed E-state index contributed by atoms with van der Waals surface area (Å²) in [6, 6.07) is 6.01. The molecular weight excluding hydrogens is 198 g/mol. The van der Waals surface area contributed by atoms with Gasteiger partial charge in [0.1, 0.15) is 0 Å². The Hall–Kier alpha value is -1.15. The molecule has 0 aromatic heterocycles. The summed E-state index contributed by atoms with van der Waals surface area (Å²) >= 11 is 0. The van der Waals surface area contributed by atoms with Crippen LogP contribution in [-0.4, -0.2) is 12.3 Å². The zero-order valence-electron chi connectivity index (χ0n) is 10.4. The molecule has 0 spiro atoms. The van der Waals surface area contributed by atoms with Crippen LogP contribution in [0.5, 0.6) is 0 Å². The molecule has 2 N–H and O–H groups in total. The predicted molar refractivity (Wildman–Crippen MR) is 67.7 cm³/mol. The molecule has 1 rings (SSSR count). The fraction of sp³-hybridized carbons (Fsp3) is 0.500. The summed E-state index contributed by atoms with van der Waals surface area (Å²) in [6.07, 6.45) is 1.53. The molecule has 0 radical (unpaired) electrons. The Morgan fingerprint density at radius 1 is 1.38 bits per heavy atom. The Labute approximate surface area is 97.9 Å². The van der Waals surface area contributed by atoms with E-state index < -0.39 is 0 Å². The molecular formula is C14H21NO. The van der Waals surface area contributed by atoms with Gasteiger partial charge in [0.25, 0.3) is 0 Å². The number of ketones is 1. The summed E-state index contributed by atoms with van der Waals surface area (Å²) in [4.78, 5) is 12.1. The molecule has 1 aromatic carbocycles. The van der Waals surface area contributed by atoms with E-state index in [1.165, 1.54) is 0 Å². The number of carbonyl (C=O) groups is 1. The van der Waals surface area contributed by atoms with E-state index in [4.69, 9.17) is 5.73 Å². The minimum atomic E-state index is 0.221. The summed E-state index contributed by atoms with van der Waals surface area (Å²) in [5.74, 6) is 0.533. The molecule has 0 aliphatic carbocycles. The Morgan fingerprint density at radius 2 is 2.06 bits per heavy atom. The van der Waals surface area contributed by atoms with Crippen molar-refractivity contribution in [2.75, 3.05) is 6.54 Å². The molecule has 0 saturated heterocycles. The maximum Gasteiger partial charge on any atom is 0.163 e. The Bertz CT molecular complexity index is 367. The Kier molecular flexibility index (Phi) is 4.69. The third-order valence-corrected chi connectivity index (χ3v) is 3.08. The van der Waals surface area contributed by atoms with Crippen molar-refractivity contribution < 1.29 is 4.79 Å². The van der Waals surface area contributed by atoms with Gasteiger partial charge in [0.15, 0.2) is 5.78 Å². The molecule has 1 aromatic rings. The van der Waals surface area contributed by atoms with Gasteiger partial charge in [0.05, 0.1) is 0 Å². The van der Waals surface area contributed by atoms with Crippen LogP contribution in [0.1, 0.15) is 41.3 Å². The lowest BCUT2D eigenvalue weighted by molar-refractivity contribution is 0.0960. The molecule has 0 heterocycles. The lowest BCUT2D eigenvalue weighted by atomic mass is 9.93. The molecule has 88 valence electrons. The third-order valence-electron chi connectivity index (χ3n) is 3.08. The van der Waals surface area contributed by atoms with Crippen molar-refractivity contribution in [1.82, 2.24) is 0 Å². The highest BCUT2D eigenvalue weighted by atomic mass is 16.1. The average Bonchev–Trinajstić information content (AvgIpc) is 2.28. The predicted octanol–water partition coefficient (Wildman–Crippen LogP) is 2.86. The molecule has 0 amide bonds. The highest BCUT2D eigenvalue weighted by molar-refractivity contribution is 5.97. The normalized spacial score (nSPS) is 12.5. The van der Waals surface area contributed by atoms with Crippen molar-refractivity contribution in [3.8, 4) is 0 Å². The van der Waals surface area contributed by atoms with Crippen molar-refractivity contribution in [2.45, 2.75) is 33.6 Å². The average molecular weight is 219 g/mol. The first-order valence-corrected chi connectivity index (χ1v) is 5.89. The van der Waals surface area contributed by atoms with E-state index in [0.29, 0.717) is 18.9 Å². The SMILES string of the molecule is CCC(CN)CC(=O)c1cc(C)ccc1C. The molecule has 0 fully saturated rings. The van der Waals surface area contributed by atoms with Crippen molar-refractivity contribution in [3.05, 3.63) is 34.9 Å². The van der Waals surface area contributed by atoms with Gasteiger partial charge >= 0.3 is 0 Å². The summed E-state index contributed by atoms with van der Waals surface area (Å²) in [5, 5.41) is 0. The molecule has 0 bridgehead atoms. The Morgan fingerprint density at radius 3 is 2.62 bits per heavy atom. The van der Waals surface area contributed by atoms with Crippen LogP contribution in [0.25, 0.3) is 0 Å². The van der Waals surface area contributed by atoms with Crippen LogP contribution < -0.4 is 5.73 Å².